The molecule has 0 saturated carbocycles. The zero-order valence-electron chi connectivity index (χ0n) is 16.5. The first-order valence-corrected chi connectivity index (χ1v) is 10.6. The summed E-state index contributed by atoms with van der Waals surface area (Å²) in [6.07, 6.45) is 0.567. The molecule has 0 aromatic heterocycles. The number of likely N-dealkylation sites (tertiary alicyclic amines) is 1. The lowest BCUT2D eigenvalue weighted by atomic mass is 9.95. The van der Waals surface area contributed by atoms with Crippen LogP contribution in [0.3, 0.4) is 0 Å². The van der Waals surface area contributed by atoms with E-state index in [1.165, 1.54) is 4.90 Å². The van der Waals surface area contributed by atoms with E-state index in [2.05, 4.69) is 0 Å². The van der Waals surface area contributed by atoms with Crippen LogP contribution in [-0.4, -0.2) is 28.2 Å². The molecule has 1 aliphatic heterocycles. The number of carbonyl (C=O) groups excluding carboxylic acids is 2. The van der Waals surface area contributed by atoms with Gasteiger partial charge >= 0.3 is 0 Å². The summed E-state index contributed by atoms with van der Waals surface area (Å²) in [6.45, 7) is 0.311. The van der Waals surface area contributed by atoms with E-state index >= 15 is 0 Å². The minimum Gasteiger partial charge on any atom is -0.507 e. The van der Waals surface area contributed by atoms with Gasteiger partial charge in [-0.1, -0.05) is 89.9 Å². The molecular formula is C25H19Cl2NO3. The molecule has 0 aliphatic carbocycles. The maximum atomic E-state index is 13.0. The van der Waals surface area contributed by atoms with Gasteiger partial charge in [0.1, 0.15) is 5.76 Å². The molecule has 3 aromatic carbocycles. The molecule has 4 rings (SSSR count). The van der Waals surface area contributed by atoms with Gasteiger partial charge in [0.25, 0.3) is 11.7 Å². The normalized spacial score (nSPS) is 17.9. The van der Waals surface area contributed by atoms with Crippen molar-refractivity contribution in [1.82, 2.24) is 4.90 Å². The molecule has 3 aromatic rings. The second kappa shape index (κ2) is 8.96. The molecule has 31 heavy (non-hydrogen) atoms. The standard InChI is InChI=1S/C25H19Cl2NO3/c26-19-12-11-18(15-20(19)27)22-21(23(29)17-9-5-2-6-10-17)24(30)25(31)28(22)14-13-16-7-3-1-4-8-16/h1-12,15,22,29H,13-14H2/b23-21+. The number of benzene rings is 3. The van der Waals surface area contributed by atoms with Crippen LogP contribution in [0.25, 0.3) is 5.76 Å². The monoisotopic (exact) mass is 451 g/mol. The molecule has 1 aliphatic rings. The number of aliphatic hydroxyl groups is 1. The third kappa shape index (κ3) is 4.22. The lowest BCUT2D eigenvalue weighted by Gasteiger charge is -2.25. The molecular weight excluding hydrogens is 433 g/mol. The van der Waals surface area contributed by atoms with Gasteiger partial charge in [0.2, 0.25) is 0 Å². The molecule has 156 valence electrons. The van der Waals surface area contributed by atoms with Crippen LogP contribution in [0.15, 0.2) is 84.4 Å². The number of carbonyl (C=O) groups is 2. The van der Waals surface area contributed by atoms with E-state index < -0.39 is 17.7 Å². The van der Waals surface area contributed by atoms with E-state index in [4.69, 9.17) is 23.2 Å². The molecule has 6 heteroatoms. The summed E-state index contributed by atoms with van der Waals surface area (Å²) in [4.78, 5) is 27.5. The molecule has 0 spiro atoms. The van der Waals surface area contributed by atoms with Crippen molar-refractivity contribution >= 4 is 40.7 Å². The lowest BCUT2D eigenvalue weighted by Crippen LogP contribution is -2.31. The van der Waals surface area contributed by atoms with Gasteiger partial charge in [-0.25, -0.2) is 0 Å². The van der Waals surface area contributed by atoms with Crippen molar-refractivity contribution in [2.45, 2.75) is 12.5 Å². The minimum absolute atomic E-state index is 0.0441. The SMILES string of the molecule is O=C1C(=O)N(CCc2ccccc2)C(c2ccc(Cl)c(Cl)c2)/C1=C(\O)c1ccccc1. The highest BCUT2D eigenvalue weighted by Crippen LogP contribution is 2.40. The highest BCUT2D eigenvalue weighted by molar-refractivity contribution is 6.46. The van der Waals surface area contributed by atoms with Gasteiger partial charge in [0.05, 0.1) is 21.7 Å². The van der Waals surface area contributed by atoms with E-state index in [0.29, 0.717) is 34.1 Å². The maximum Gasteiger partial charge on any atom is 0.295 e. The summed E-state index contributed by atoms with van der Waals surface area (Å²) in [7, 11) is 0. The predicted octanol–water partition coefficient (Wildman–Crippen LogP) is 5.66. The Morgan fingerprint density at radius 1 is 0.871 bits per heavy atom. The van der Waals surface area contributed by atoms with Crippen LogP contribution >= 0.6 is 23.2 Å². The molecule has 0 radical (unpaired) electrons. The van der Waals surface area contributed by atoms with Crippen molar-refractivity contribution in [3.63, 3.8) is 0 Å². The van der Waals surface area contributed by atoms with Gasteiger partial charge in [0, 0.05) is 12.1 Å². The van der Waals surface area contributed by atoms with Crippen LogP contribution < -0.4 is 0 Å². The molecule has 1 N–H and O–H groups in total. The fourth-order valence-electron chi connectivity index (χ4n) is 3.79. The molecule has 1 atom stereocenters. The van der Waals surface area contributed by atoms with Crippen molar-refractivity contribution < 1.29 is 14.7 Å². The minimum atomic E-state index is -0.765. The Hall–Kier alpha value is -3.08. The number of halogens is 2. The van der Waals surface area contributed by atoms with Gasteiger partial charge in [0.15, 0.2) is 0 Å². The second-order valence-corrected chi connectivity index (χ2v) is 8.08. The molecule has 0 bridgehead atoms. The largest absolute Gasteiger partial charge is 0.507 e. The molecule has 1 saturated heterocycles. The van der Waals surface area contributed by atoms with Crippen molar-refractivity contribution in [3.8, 4) is 0 Å². The van der Waals surface area contributed by atoms with E-state index in [0.717, 1.165) is 5.56 Å². The van der Waals surface area contributed by atoms with E-state index in [1.54, 1.807) is 42.5 Å². The Morgan fingerprint density at radius 2 is 1.52 bits per heavy atom. The van der Waals surface area contributed by atoms with E-state index in [-0.39, 0.29) is 11.3 Å². The fraction of sp³-hybridized carbons (Fsp3) is 0.120. The summed E-state index contributed by atoms with van der Waals surface area (Å²) < 4.78 is 0. The Kier molecular flexibility index (Phi) is 6.12. The summed E-state index contributed by atoms with van der Waals surface area (Å²) in [5, 5.41) is 11.7. The van der Waals surface area contributed by atoms with Crippen LogP contribution in [0.1, 0.15) is 22.7 Å². The van der Waals surface area contributed by atoms with Crippen LogP contribution in [0.2, 0.25) is 10.0 Å². The number of hydrogen-bond donors (Lipinski definition) is 1. The lowest BCUT2D eigenvalue weighted by molar-refractivity contribution is -0.139. The van der Waals surface area contributed by atoms with Gasteiger partial charge in [-0.15, -0.1) is 0 Å². The third-order valence-electron chi connectivity index (χ3n) is 5.33. The summed E-state index contributed by atoms with van der Waals surface area (Å²) >= 11 is 12.3. The molecule has 1 amide bonds. The number of hydrogen-bond acceptors (Lipinski definition) is 3. The van der Waals surface area contributed by atoms with Gasteiger partial charge < -0.3 is 10.0 Å². The van der Waals surface area contributed by atoms with E-state index in [9.17, 15) is 14.7 Å². The summed E-state index contributed by atoms with van der Waals surface area (Å²) in [6, 6.07) is 22.6. The van der Waals surface area contributed by atoms with Crippen LogP contribution in [0.4, 0.5) is 0 Å². The van der Waals surface area contributed by atoms with Crippen LogP contribution in [0.5, 0.6) is 0 Å². The number of rotatable bonds is 5. The Bertz CT molecular complexity index is 1160. The van der Waals surface area contributed by atoms with Crippen LogP contribution in [-0.2, 0) is 16.0 Å². The first kappa shape index (κ1) is 21.2. The number of amides is 1. The smallest absolute Gasteiger partial charge is 0.295 e. The molecule has 1 heterocycles. The van der Waals surface area contributed by atoms with E-state index in [1.807, 2.05) is 36.4 Å². The van der Waals surface area contributed by atoms with Crippen molar-refractivity contribution in [2.24, 2.45) is 0 Å². The average molecular weight is 452 g/mol. The number of aliphatic hydroxyl groups excluding tert-OH is 1. The first-order valence-electron chi connectivity index (χ1n) is 9.80. The number of nitrogens with zero attached hydrogens (tertiary/aromatic N) is 1. The van der Waals surface area contributed by atoms with Crippen LogP contribution in [0, 0.1) is 0 Å². The number of ketones is 1. The summed E-state index contributed by atoms with van der Waals surface area (Å²) in [5.41, 5.74) is 2.16. The Balaban J connectivity index is 1.80. The van der Waals surface area contributed by atoms with Gasteiger partial charge in [-0.3, -0.25) is 9.59 Å². The number of Topliss-reactive ketones (excluding diaryl/α,β-unsaturated/α-hetero) is 1. The highest BCUT2D eigenvalue weighted by Gasteiger charge is 2.45. The molecule has 1 fully saturated rings. The van der Waals surface area contributed by atoms with Crippen molar-refractivity contribution in [1.29, 1.82) is 0 Å². The topological polar surface area (TPSA) is 57.6 Å². The zero-order valence-corrected chi connectivity index (χ0v) is 18.0. The van der Waals surface area contributed by atoms with Crippen molar-refractivity contribution in [3.05, 3.63) is 111 Å². The summed E-state index contributed by atoms with van der Waals surface area (Å²) in [5.74, 6) is -1.58. The van der Waals surface area contributed by atoms with Gasteiger partial charge in [-0.2, -0.15) is 0 Å². The quantitative estimate of drug-likeness (QED) is 0.309. The zero-order chi connectivity index (χ0) is 22.0. The Labute approximate surface area is 190 Å². The highest BCUT2D eigenvalue weighted by atomic mass is 35.5. The second-order valence-electron chi connectivity index (χ2n) is 7.27. The molecule has 1 unspecified atom stereocenters. The molecule has 4 nitrogen and oxygen atoms in total. The third-order valence-corrected chi connectivity index (χ3v) is 6.07. The maximum absolute atomic E-state index is 13.0. The average Bonchev–Trinajstić information content (AvgIpc) is 3.05. The first-order chi connectivity index (χ1) is 15.0. The fourth-order valence-corrected chi connectivity index (χ4v) is 4.09. The predicted molar refractivity (Wildman–Crippen MR) is 122 cm³/mol. The Morgan fingerprint density at radius 3 is 2.16 bits per heavy atom. The van der Waals surface area contributed by atoms with Gasteiger partial charge in [-0.05, 0) is 29.7 Å². The van der Waals surface area contributed by atoms with Crippen molar-refractivity contribution in [2.75, 3.05) is 6.54 Å².